The predicted octanol–water partition coefficient (Wildman–Crippen LogP) is 3.86. The zero-order valence-corrected chi connectivity index (χ0v) is 20.2. The number of carbonyl (C=O) groups excluding carboxylic acids is 1. The lowest BCUT2D eigenvalue weighted by Crippen LogP contribution is -2.41. The molecule has 2 aromatic rings. The Labute approximate surface area is 190 Å². The van der Waals surface area contributed by atoms with Crippen LogP contribution in [0.1, 0.15) is 101 Å². The van der Waals surface area contributed by atoms with E-state index < -0.39 is 7.12 Å². The first-order valence-corrected chi connectivity index (χ1v) is 11.5. The number of rotatable bonds is 3. The maximum Gasteiger partial charge on any atom is 0.494 e. The van der Waals surface area contributed by atoms with Gasteiger partial charge in [-0.1, -0.05) is 50.5 Å². The third-order valence-corrected chi connectivity index (χ3v) is 6.85. The quantitative estimate of drug-likeness (QED) is 0.577. The van der Waals surface area contributed by atoms with Crippen LogP contribution in [0.15, 0.2) is 22.7 Å². The minimum absolute atomic E-state index is 0.00885. The van der Waals surface area contributed by atoms with Gasteiger partial charge in [0.1, 0.15) is 0 Å². The number of amides is 1. The van der Waals surface area contributed by atoms with Gasteiger partial charge in [-0.05, 0) is 63.5 Å². The molecule has 1 aromatic heterocycles. The van der Waals surface area contributed by atoms with Gasteiger partial charge in [-0.3, -0.25) is 4.79 Å². The third-order valence-electron chi connectivity index (χ3n) is 6.85. The Bertz CT molecular complexity index is 993. The molecule has 1 aromatic carbocycles. The van der Waals surface area contributed by atoms with E-state index in [2.05, 4.69) is 61.4 Å². The van der Waals surface area contributed by atoms with Crippen molar-refractivity contribution in [3.8, 4) is 0 Å². The van der Waals surface area contributed by atoms with Crippen LogP contribution in [0.4, 0.5) is 0 Å². The molecule has 0 saturated carbocycles. The van der Waals surface area contributed by atoms with Gasteiger partial charge in [-0.25, -0.2) is 0 Å². The lowest BCUT2D eigenvalue weighted by molar-refractivity contribution is 0.00578. The topological polar surface area (TPSA) is 86.5 Å². The minimum atomic E-state index is -0.393. The first kappa shape index (κ1) is 23.0. The van der Waals surface area contributed by atoms with Crippen molar-refractivity contribution in [2.45, 2.75) is 96.8 Å². The number of aromatic nitrogens is 2. The van der Waals surface area contributed by atoms with Gasteiger partial charge in [-0.15, -0.1) is 0 Å². The summed E-state index contributed by atoms with van der Waals surface area (Å²) >= 11 is 0. The molecular weight excluding hydrogens is 405 g/mol. The van der Waals surface area contributed by atoms with Gasteiger partial charge >= 0.3 is 18.9 Å². The lowest BCUT2D eigenvalue weighted by Gasteiger charge is -2.32. The molecule has 1 fully saturated rings. The van der Waals surface area contributed by atoms with Crippen LogP contribution in [0.25, 0.3) is 0 Å². The van der Waals surface area contributed by atoms with E-state index in [1.54, 1.807) is 0 Å². The van der Waals surface area contributed by atoms with Crippen LogP contribution in [-0.2, 0) is 21.1 Å². The highest BCUT2D eigenvalue weighted by molar-refractivity contribution is 6.62. The number of hydrogen-bond acceptors (Lipinski definition) is 6. The van der Waals surface area contributed by atoms with Crippen molar-refractivity contribution in [2.24, 2.45) is 0 Å². The van der Waals surface area contributed by atoms with E-state index in [-0.39, 0.29) is 34.5 Å². The summed E-state index contributed by atoms with van der Waals surface area (Å²) in [5.74, 6) is 0.200. The number of hydrogen-bond donors (Lipinski definition) is 1. The zero-order valence-electron chi connectivity index (χ0n) is 20.2. The molecule has 1 N–H and O–H groups in total. The standard InChI is InChI=1S/C24H34BN3O4/c1-22(2,3)21-27-20(30-28-21)19(29)26-18-11-9-8-10-15-14-16(12-13-17(15)18)25-31-23(4,5)24(6,7)32-25/h12-14,18H,8-11H2,1-7H3,(H,26,29)/t18-/m1/s1. The monoisotopic (exact) mass is 439 g/mol. The second-order valence-electron chi connectivity index (χ2n) is 11.0. The van der Waals surface area contributed by atoms with E-state index in [9.17, 15) is 4.79 Å². The van der Waals surface area contributed by atoms with Crippen LogP contribution in [-0.4, -0.2) is 34.4 Å². The molecule has 2 heterocycles. The highest BCUT2D eigenvalue weighted by Crippen LogP contribution is 2.37. The fourth-order valence-electron chi connectivity index (χ4n) is 4.12. The highest BCUT2D eigenvalue weighted by Gasteiger charge is 2.51. The Morgan fingerprint density at radius 3 is 2.44 bits per heavy atom. The van der Waals surface area contributed by atoms with Gasteiger partial charge in [0, 0.05) is 5.41 Å². The van der Waals surface area contributed by atoms with Crippen LogP contribution < -0.4 is 10.8 Å². The Morgan fingerprint density at radius 2 is 1.81 bits per heavy atom. The molecule has 2 aliphatic rings. The Kier molecular flexibility index (Phi) is 5.74. The van der Waals surface area contributed by atoms with Gasteiger partial charge in [0.25, 0.3) is 0 Å². The van der Waals surface area contributed by atoms with Crippen molar-refractivity contribution in [3.05, 3.63) is 41.0 Å². The summed E-state index contributed by atoms with van der Waals surface area (Å²) in [6.45, 7) is 14.2. The van der Waals surface area contributed by atoms with Crippen molar-refractivity contribution < 1.29 is 18.6 Å². The SMILES string of the molecule is CC(C)(C)c1noc(C(=O)N[C@@H]2CCCCc3cc(B4OC(C)(C)C(C)(C)O4)ccc32)n1. The fraction of sp³-hybridized carbons (Fsp3) is 0.625. The maximum absolute atomic E-state index is 12.8. The van der Waals surface area contributed by atoms with Gasteiger partial charge in [0.15, 0.2) is 5.82 Å². The molecular formula is C24H34BN3O4. The molecule has 8 heteroatoms. The molecule has 0 bridgehead atoms. The number of nitrogens with zero attached hydrogens (tertiary/aromatic N) is 2. The molecule has 1 saturated heterocycles. The maximum atomic E-state index is 12.8. The van der Waals surface area contributed by atoms with Crippen LogP contribution in [0.3, 0.4) is 0 Å². The van der Waals surface area contributed by atoms with Crippen LogP contribution in [0.2, 0.25) is 0 Å². The molecule has 0 spiro atoms. The number of fused-ring (bicyclic) bond motifs is 1. The lowest BCUT2D eigenvalue weighted by atomic mass is 9.77. The van der Waals surface area contributed by atoms with Crippen molar-refractivity contribution in [1.82, 2.24) is 15.5 Å². The summed E-state index contributed by atoms with van der Waals surface area (Å²) < 4.78 is 17.7. The summed E-state index contributed by atoms with van der Waals surface area (Å²) in [6.07, 6.45) is 3.93. The van der Waals surface area contributed by atoms with Crippen LogP contribution in [0, 0.1) is 0 Å². The van der Waals surface area contributed by atoms with E-state index in [1.807, 2.05) is 20.8 Å². The van der Waals surface area contributed by atoms with Crippen molar-refractivity contribution in [2.75, 3.05) is 0 Å². The molecule has 32 heavy (non-hydrogen) atoms. The minimum Gasteiger partial charge on any atom is -0.399 e. The predicted molar refractivity (Wildman–Crippen MR) is 123 cm³/mol. The van der Waals surface area contributed by atoms with E-state index in [4.69, 9.17) is 13.8 Å². The van der Waals surface area contributed by atoms with Gasteiger partial charge in [0.2, 0.25) is 0 Å². The zero-order chi connectivity index (χ0) is 23.3. The average molecular weight is 439 g/mol. The van der Waals surface area contributed by atoms with E-state index >= 15 is 0 Å². The highest BCUT2D eigenvalue weighted by atomic mass is 16.7. The first-order chi connectivity index (χ1) is 14.9. The number of aryl methyl sites for hydroxylation is 1. The summed E-state index contributed by atoms with van der Waals surface area (Å²) in [5, 5.41) is 7.08. The molecule has 1 amide bonds. The van der Waals surface area contributed by atoms with Crippen molar-refractivity contribution in [3.63, 3.8) is 0 Å². The largest absolute Gasteiger partial charge is 0.494 e. The molecule has 0 radical (unpaired) electrons. The second kappa shape index (κ2) is 7.99. The van der Waals surface area contributed by atoms with Crippen molar-refractivity contribution >= 4 is 18.5 Å². The third kappa shape index (κ3) is 4.35. The normalized spacial score (nSPS) is 22.3. The number of carbonyl (C=O) groups is 1. The van der Waals surface area contributed by atoms with Gasteiger partial charge in [0.05, 0.1) is 17.2 Å². The van der Waals surface area contributed by atoms with E-state index in [0.29, 0.717) is 5.82 Å². The Hall–Kier alpha value is -2.19. The summed E-state index contributed by atoms with van der Waals surface area (Å²) in [5.41, 5.74) is 2.34. The number of benzene rings is 1. The summed E-state index contributed by atoms with van der Waals surface area (Å²) in [4.78, 5) is 17.1. The fourth-order valence-corrected chi connectivity index (χ4v) is 4.12. The Morgan fingerprint density at radius 1 is 1.12 bits per heavy atom. The number of nitrogens with one attached hydrogen (secondary N) is 1. The van der Waals surface area contributed by atoms with Gasteiger partial charge < -0.3 is 19.1 Å². The smallest absolute Gasteiger partial charge is 0.399 e. The molecule has 1 aliphatic heterocycles. The molecule has 1 atom stereocenters. The average Bonchev–Trinajstić information content (AvgIpc) is 3.21. The first-order valence-electron chi connectivity index (χ1n) is 11.5. The van der Waals surface area contributed by atoms with E-state index in [1.165, 1.54) is 5.56 Å². The molecule has 172 valence electrons. The van der Waals surface area contributed by atoms with Crippen molar-refractivity contribution in [1.29, 1.82) is 0 Å². The van der Waals surface area contributed by atoms with Crippen LogP contribution in [0.5, 0.6) is 0 Å². The Balaban J connectivity index is 1.55. The van der Waals surface area contributed by atoms with E-state index in [0.717, 1.165) is 36.7 Å². The van der Waals surface area contributed by atoms with Gasteiger partial charge in [-0.2, -0.15) is 4.98 Å². The molecule has 1 aliphatic carbocycles. The molecule has 0 unspecified atom stereocenters. The molecule has 4 rings (SSSR count). The summed E-state index contributed by atoms with van der Waals surface area (Å²) in [6, 6.07) is 6.22. The molecule has 7 nitrogen and oxygen atoms in total. The second-order valence-corrected chi connectivity index (χ2v) is 11.0. The van der Waals surface area contributed by atoms with Crippen LogP contribution >= 0.6 is 0 Å². The summed E-state index contributed by atoms with van der Waals surface area (Å²) in [7, 11) is -0.393.